The molecule has 3 rings (SSSR count). The summed E-state index contributed by atoms with van der Waals surface area (Å²) in [5.74, 6) is -0.275. The number of aliphatic hydroxyl groups is 1. The molecule has 1 aromatic heterocycles. The third-order valence-electron chi connectivity index (χ3n) is 3.57. The molecule has 0 radical (unpaired) electrons. The number of aliphatic hydroxyl groups excluding tert-OH is 1. The molecule has 0 saturated heterocycles. The van der Waals surface area contributed by atoms with Gasteiger partial charge in [-0.05, 0) is 30.5 Å². The minimum Gasteiger partial charge on any atom is -0.387 e. The fraction of sp³-hybridized carbons (Fsp3) is 0.400. The van der Waals surface area contributed by atoms with Gasteiger partial charge in [0.2, 0.25) is 0 Å². The van der Waals surface area contributed by atoms with E-state index in [-0.39, 0.29) is 5.82 Å². The quantitative estimate of drug-likeness (QED) is 0.889. The van der Waals surface area contributed by atoms with Gasteiger partial charge in [0.05, 0.1) is 17.3 Å². The summed E-state index contributed by atoms with van der Waals surface area (Å²) in [6.45, 7) is 1.33. The molecule has 1 saturated carbocycles. The van der Waals surface area contributed by atoms with Crippen LogP contribution in [0.2, 0.25) is 0 Å². The lowest BCUT2D eigenvalue weighted by atomic mass is 10.1. The van der Waals surface area contributed by atoms with Gasteiger partial charge in [0.15, 0.2) is 0 Å². The van der Waals surface area contributed by atoms with E-state index in [1.807, 2.05) is 10.9 Å². The number of thiazole rings is 1. The lowest BCUT2D eigenvalue weighted by molar-refractivity contribution is 0.104. The van der Waals surface area contributed by atoms with Gasteiger partial charge in [-0.2, -0.15) is 0 Å². The van der Waals surface area contributed by atoms with E-state index in [2.05, 4.69) is 9.88 Å². The molecule has 1 heterocycles. The molecular formula is C15H17FN2OS. The highest BCUT2D eigenvalue weighted by atomic mass is 32.1. The lowest BCUT2D eigenvalue weighted by Gasteiger charge is -2.24. The smallest absolute Gasteiger partial charge is 0.123 e. The van der Waals surface area contributed by atoms with Gasteiger partial charge in [0.25, 0.3) is 0 Å². The minimum atomic E-state index is -0.588. The highest BCUT2D eigenvalue weighted by Crippen LogP contribution is 2.30. The van der Waals surface area contributed by atoms with Crippen LogP contribution in [0.3, 0.4) is 0 Å². The van der Waals surface area contributed by atoms with Gasteiger partial charge < -0.3 is 5.11 Å². The second-order valence-electron chi connectivity index (χ2n) is 5.21. The van der Waals surface area contributed by atoms with E-state index in [1.165, 1.54) is 25.0 Å². The first-order chi connectivity index (χ1) is 9.72. The van der Waals surface area contributed by atoms with E-state index in [0.29, 0.717) is 12.6 Å². The van der Waals surface area contributed by atoms with Crippen molar-refractivity contribution in [1.82, 2.24) is 9.88 Å². The van der Waals surface area contributed by atoms with E-state index in [0.717, 1.165) is 17.8 Å². The summed E-state index contributed by atoms with van der Waals surface area (Å²) in [6.07, 6.45) is 1.77. The first-order valence-electron chi connectivity index (χ1n) is 6.77. The van der Waals surface area contributed by atoms with Crippen molar-refractivity contribution in [3.05, 3.63) is 52.2 Å². The van der Waals surface area contributed by atoms with E-state index < -0.39 is 6.10 Å². The van der Waals surface area contributed by atoms with Crippen LogP contribution >= 0.6 is 11.3 Å². The number of rotatable bonds is 6. The standard InChI is InChI=1S/C15H17FN2OS/c16-12-3-1-11(2-4-12)15(19)8-18(14-5-6-14)7-13-9-20-10-17-13/h1-4,9-10,14-15,19H,5-8H2/t15-/m0/s1. The molecule has 1 aliphatic carbocycles. The molecule has 5 heteroatoms. The Morgan fingerprint density at radius 1 is 1.35 bits per heavy atom. The van der Waals surface area contributed by atoms with E-state index >= 15 is 0 Å². The highest BCUT2D eigenvalue weighted by Gasteiger charge is 2.30. The third-order valence-corrected chi connectivity index (χ3v) is 4.21. The van der Waals surface area contributed by atoms with Crippen LogP contribution in [0.25, 0.3) is 0 Å². The Balaban J connectivity index is 1.65. The van der Waals surface area contributed by atoms with Crippen molar-refractivity contribution < 1.29 is 9.50 Å². The SMILES string of the molecule is O[C@@H](CN(Cc1cscn1)C1CC1)c1ccc(F)cc1. The maximum atomic E-state index is 12.9. The van der Waals surface area contributed by atoms with Gasteiger partial charge in [-0.25, -0.2) is 9.37 Å². The highest BCUT2D eigenvalue weighted by molar-refractivity contribution is 7.07. The molecule has 3 nitrogen and oxygen atoms in total. The fourth-order valence-corrected chi connectivity index (χ4v) is 2.87. The van der Waals surface area contributed by atoms with Gasteiger partial charge in [-0.3, -0.25) is 4.90 Å². The summed E-state index contributed by atoms with van der Waals surface area (Å²) in [5.41, 5.74) is 3.64. The predicted molar refractivity (Wildman–Crippen MR) is 76.9 cm³/mol. The monoisotopic (exact) mass is 292 g/mol. The largest absolute Gasteiger partial charge is 0.387 e. The number of nitrogens with zero attached hydrogens (tertiary/aromatic N) is 2. The van der Waals surface area contributed by atoms with Gasteiger partial charge in [0.1, 0.15) is 5.82 Å². The number of benzene rings is 1. The first kappa shape index (κ1) is 13.7. The molecule has 2 aromatic rings. The molecule has 1 atom stereocenters. The van der Waals surface area contributed by atoms with Gasteiger partial charge in [0, 0.05) is 24.5 Å². The van der Waals surface area contributed by atoms with Crippen molar-refractivity contribution in [1.29, 1.82) is 0 Å². The molecule has 0 aliphatic heterocycles. The zero-order valence-electron chi connectivity index (χ0n) is 11.1. The Morgan fingerprint density at radius 3 is 2.70 bits per heavy atom. The van der Waals surface area contributed by atoms with Crippen LogP contribution in [0.4, 0.5) is 4.39 Å². The Bertz CT molecular complexity index is 540. The summed E-state index contributed by atoms with van der Waals surface area (Å²) in [6, 6.07) is 6.62. The molecule has 0 bridgehead atoms. The summed E-state index contributed by atoms with van der Waals surface area (Å²) >= 11 is 1.59. The van der Waals surface area contributed by atoms with Crippen LogP contribution < -0.4 is 0 Å². The molecule has 1 aromatic carbocycles. The van der Waals surface area contributed by atoms with Crippen LogP contribution in [0, 0.1) is 5.82 Å². The zero-order valence-corrected chi connectivity index (χ0v) is 11.9. The second kappa shape index (κ2) is 5.99. The second-order valence-corrected chi connectivity index (χ2v) is 5.93. The van der Waals surface area contributed by atoms with E-state index in [9.17, 15) is 9.50 Å². The normalized spacial score (nSPS) is 16.6. The van der Waals surface area contributed by atoms with Crippen LogP contribution in [0.15, 0.2) is 35.2 Å². The zero-order chi connectivity index (χ0) is 13.9. The van der Waals surface area contributed by atoms with E-state index in [1.54, 1.807) is 23.5 Å². The summed E-state index contributed by atoms with van der Waals surface area (Å²) in [7, 11) is 0. The summed E-state index contributed by atoms with van der Waals surface area (Å²) < 4.78 is 12.9. The number of hydrogen-bond donors (Lipinski definition) is 1. The van der Waals surface area contributed by atoms with Gasteiger partial charge in [-0.15, -0.1) is 11.3 Å². The van der Waals surface area contributed by atoms with E-state index in [4.69, 9.17) is 0 Å². The Labute approximate surface area is 121 Å². The number of hydrogen-bond acceptors (Lipinski definition) is 4. The van der Waals surface area contributed by atoms with Crippen molar-refractivity contribution in [2.45, 2.75) is 31.5 Å². The first-order valence-corrected chi connectivity index (χ1v) is 7.71. The van der Waals surface area contributed by atoms with Crippen LogP contribution in [0.1, 0.15) is 30.2 Å². The van der Waals surface area contributed by atoms with Crippen molar-refractivity contribution >= 4 is 11.3 Å². The molecule has 1 aliphatic rings. The molecule has 20 heavy (non-hydrogen) atoms. The molecule has 0 spiro atoms. The van der Waals surface area contributed by atoms with Gasteiger partial charge in [-0.1, -0.05) is 12.1 Å². The molecule has 106 valence electrons. The Morgan fingerprint density at radius 2 is 2.10 bits per heavy atom. The number of halogens is 1. The van der Waals surface area contributed by atoms with Gasteiger partial charge >= 0.3 is 0 Å². The molecular weight excluding hydrogens is 275 g/mol. The molecule has 0 unspecified atom stereocenters. The third kappa shape index (κ3) is 3.42. The topological polar surface area (TPSA) is 36.4 Å². The Hall–Kier alpha value is -1.30. The molecule has 0 amide bonds. The average molecular weight is 292 g/mol. The van der Waals surface area contributed by atoms with Crippen molar-refractivity contribution in [3.8, 4) is 0 Å². The minimum absolute atomic E-state index is 0.275. The lowest BCUT2D eigenvalue weighted by Crippen LogP contribution is -2.30. The molecule has 1 N–H and O–H groups in total. The van der Waals surface area contributed by atoms with Crippen molar-refractivity contribution in [3.63, 3.8) is 0 Å². The van der Waals surface area contributed by atoms with Crippen LogP contribution in [0.5, 0.6) is 0 Å². The van der Waals surface area contributed by atoms with Crippen LogP contribution in [-0.4, -0.2) is 27.6 Å². The summed E-state index contributed by atoms with van der Waals surface area (Å²) in [4.78, 5) is 6.57. The predicted octanol–water partition coefficient (Wildman–Crippen LogP) is 2.98. The number of aromatic nitrogens is 1. The van der Waals surface area contributed by atoms with Crippen molar-refractivity contribution in [2.75, 3.05) is 6.54 Å². The van der Waals surface area contributed by atoms with Crippen LogP contribution in [-0.2, 0) is 6.54 Å². The maximum absolute atomic E-state index is 12.9. The fourth-order valence-electron chi connectivity index (χ4n) is 2.32. The average Bonchev–Trinajstić information content (AvgIpc) is 3.17. The molecule has 1 fully saturated rings. The summed E-state index contributed by atoms with van der Waals surface area (Å²) in [5, 5.41) is 12.3. The maximum Gasteiger partial charge on any atom is 0.123 e. The van der Waals surface area contributed by atoms with Crippen molar-refractivity contribution in [2.24, 2.45) is 0 Å². The Kier molecular flexibility index (Phi) is 4.10.